The van der Waals surface area contributed by atoms with E-state index in [2.05, 4.69) is 21.2 Å². The Kier molecular flexibility index (Phi) is 6.32. The normalized spacial score (nSPS) is 10.6. The average Bonchev–Trinajstić information content (AvgIpc) is 2.56. The van der Waals surface area contributed by atoms with Crippen LogP contribution < -0.4 is 5.32 Å². The second kappa shape index (κ2) is 8.45. The number of aryl methyl sites for hydroxylation is 2. The highest BCUT2D eigenvalue weighted by molar-refractivity contribution is 9.10. The monoisotopic (exact) mass is 387 g/mol. The molecule has 0 saturated carbocycles. The molecule has 0 atom stereocenters. The van der Waals surface area contributed by atoms with Crippen molar-refractivity contribution in [1.82, 2.24) is 0 Å². The molecular weight excluding hydrogens is 370 g/mol. The van der Waals surface area contributed by atoms with Crippen molar-refractivity contribution in [3.8, 4) is 0 Å². The van der Waals surface area contributed by atoms with Gasteiger partial charge in [-0.3, -0.25) is 4.79 Å². The van der Waals surface area contributed by atoms with Crippen LogP contribution in [0.15, 0.2) is 53.0 Å². The van der Waals surface area contributed by atoms with Crippen LogP contribution in [0, 0.1) is 13.8 Å². The van der Waals surface area contributed by atoms with E-state index >= 15 is 0 Å². The highest BCUT2D eigenvalue weighted by Crippen LogP contribution is 2.14. The number of carbonyl (C=O) groups is 2. The Morgan fingerprint density at radius 1 is 1.08 bits per heavy atom. The van der Waals surface area contributed by atoms with Crippen LogP contribution in [0.5, 0.6) is 0 Å². The minimum Gasteiger partial charge on any atom is -0.452 e. The van der Waals surface area contributed by atoms with Gasteiger partial charge >= 0.3 is 5.97 Å². The maximum absolute atomic E-state index is 11.8. The first-order valence-corrected chi connectivity index (χ1v) is 8.21. The van der Waals surface area contributed by atoms with E-state index in [4.69, 9.17) is 4.74 Å². The number of carbonyl (C=O) groups excluding carboxylic acids is 2. The SMILES string of the molecule is Cc1ccc(NC(=O)COC(=O)/C=C/c2ccc(Br)cc2)cc1C. The molecule has 0 aliphatic heterocycles. The molecule has 2 rings (SSSR count). The number of amides is 1. The molecule has 24 heavy (non-hydrogen) atoms. The number of nitrogens with one attached hydrogen (secondary N) is 1. The van der Waals surface area contributed by atoms with Crippen LogP contribution >= 0.6 is 15.9 Å². The second-order valence-electron chi connectivity index (χ2n) is 5.34. The van der Waals surface area contributed by atoms with E-state index in [9.17, 15) is 9.59 Å². The maximum Gasteiger partial charge on any atom is 0.331 e. The van der Waals surface area contributed by atoms with Gasteiger partial charge in [-0.2, -0.15) is 0 Å². The Morgan fingerprint density at radius 3 is 2.46 bits per heavy atom. The molecule has 0 saturated heterocycles. The van der Waals surface area contributed by atoms with E-state index in [1.54, 1.807) is 6.08 Å². The number of hydrogen-bond acceptors (Lipinski definition) is 3. The summed E-state index contributed by atoms with van der Waals surface area (Å²) in [5, 5.41) is 2.70. The zero-order valence-corrected chi connectivity index (χ0v) is 15.1. The maximum atomic E-state index is 11.8. The molecule has 2 aromatic rings. The minimum atomic E-state index is -0.562. The Morgan fingerprint density at radius 2 is 1.79 bits per heavy atom. The van der Waals surface area contributed by atoms with Crippen LogP contribution in [0.25, 0.3) is 6.08 Å². The van der Waals surface area contributed by atoms with Crippen molar-refractivity contribution in [2.45, 2.75) is 13.8 Å². The van der Waals surface area contributed by atoms with Gasteiger partial charge < -0.3 is 10.1 Å². The number of ether oxygens (including phenoxy) is 1. The molecular formula is C19H18BrNO3. The molecule has 0 aliphatic rings. The highest BCUT2D eigenvalue weighted by Gasteiger charge is 2.06. The molecule has 124 valence electrons. The molecule has 0 unspecified atom stereocenters. The van der Waals surface area contributed by atoms with E-state index in [1.165, 1.54) is 6.08 Å². The van der Waals surface area contributed by atoms with Crippen LogP contribution in [-0.4, -0.2) is 18.5 Å². The minimum absolute atomic E-state index is 0.323. The summed E-state index contributed by atoms with van der Waals surface area (Å²) in [7, 11) is 0. The highest BCUT2D eigenvalue weighted by atomic mass is 79.9. The molecule has 1 N–H and O–H groups in total. The zero-order valence-electron chi connectivity index (χ0n) is 13.5. The molecule has 2 aromatic carbocycles. The van der Waals surface area contributed by atoms with Gasteiger partial charge in [0, 0.05) is 16.2 Å². The van der Waals surface area contributed by atoms with Crippen LogP contribution in [0.3, 0.4) is 0 Å². The summed E-state index contributed by atoms with van der Waals surface area (Å²) in [5.74, 6) is -0.934. The van der Waals surface area contributed by atoms with Gasteiger partial charge in [0.05, 0.1) is 0 Å². The number of halogens is 1. The summed E-state index contributed by atoms with van der Waals surface area (Å²) in [6, 6.07) is 13.1. The van der Waals surface area contributed by atoms with Gasteiger partial charge in [-0.15, -0.1) is 0 Å². The third kappa shape index (κ3) is 5.66. The molecule has 0 radical (unpaired) electrons. The van der Waals surface area contributed by atoms with E-state index < -0.39 is 5.97 Å². The molecule has 0 spiro atoms. The Balaban J connectivity index is 1.81. The fourth-order valence-electron chi connectivity index (χ4n) is 1.94. The summed E-state index contributed by atoms with van der Waals surface area (Å²) in [4.78, 5) is 23.4. The lowest BCUT2D eigenvalue weighted by Gasteiger charge is -2.07. The van der Waals surface area contributed by atoms with Gasteiger partial charge in [-0.05, 0) is 60.9 Å². The van der Waals surface area contributed by atoms with Crippen molar-refractivity contribution in [3.63, 3.8) is 0 Å². The van der Waals surface area contributed by atoms with Crippen molar-refractivity contribution < 1.29 is 14.3 Å². The number of hydrogen-bond donors (Lipinski definition) is 1. The quantitative estimate of drug-likeness (QED) is 0.615. The molecule has 0 aliphatic carbocycles. The predicted octanol–water partition coefficient (Wildman–Crippen LogP) is 4.26. The summed E-state index contributed by atoms with van der Waals surface area (Å²) >= 11 is 3.34. The lowest BCUT2D eigenvalue weighted by molar-refractivity contribution is -0.142. The predicted molar refractivity (Wildman–Crippen MR) is 98.7 cm³/mol. The summed E-state index contributed by atoms with van der Waals surface area (Å²) in [6.45, 7) is 3.65. The number of anilines is 1. The largest absolute Gasteiger partial charge is 0.452 e. The van der Waals surface area contributed by atoms with Crippen LogP contribution in [-0.2, 0) is 14.3 Å². The van der Waals surface area contributed by atoms with Gasteiger partial charge in [-0.25, -0.2) is 4.79 Å². The third-order valence-electron chi connectivity index (χ3n) is 3.42. The van der Waals surface area contributed by atoms with Crippen LogP contribution in [0.1, 0.15) is 16.7 Å². The van der Waals surface area contributed by atoms with Crippen LogP contribution in [0.4, 0.5) is 5.69 Å². The van der Waals surface area contributed by atoms with Gasteiger partial charge in [-0.1, -0.05) is 34.1 Å². The summed E-state index contributed by atoms with van der Waals surface area (Å²) in [6.07, 6.45) is 2.93. The average molecular weight is 388 g/mol. The molecule has 0 bridgehead atoms. The molecule has 1 amide bonds. The topological polar surface area (TPSA) is 55.4 Å². The van der Waals surface area contributed by atoms with Gasteiger partial charge in [0.15, 0.2) is 6.61 Å². The number of benzene rings is 2. The molecule has 5 heteroatoms. The summed E-state index contributed by atoms with van der Waals surface area (Å²) < 4.78 is 5.89. The first kappa shape index (κ1) is 17.9. The van der Waals surface area contributed by atoms with Crippen molar-refractivity contribution in [1.29, 1.82) is 0 Å². The van der Waals surface area contributed by atoms with Crippen molar-refractivity contribution >= 4 is 39.6 Å². The summed E-state index contributed by atoms with van der Waals surface area (Å²) in [5.41, 5.74) is 3.79. The fourth-order valence-corrected chi connectivity index (χ4v) is 2.20. The third-order valence-corrected chi connectivity index (χ3v) is 3.95. The first-order valence-electron chi connectivity index (χ1n) is 7.41. The lowest BCUT2D eigenvalue weighted by atomic mass is 10.1. The Labute approximate surface area is 149 Å². The van der Waals surface area contributed by atoms with Crippen molar-refractivity contribution in [2.24, 2.45) is 0 Å². The van der Waals surface area contributed by atoms with E-state index in [0.717, 1.165) is 21.2 Å². The first-order chi connectivity index (χ1) is 11.4. The molecule has 0 heterocycles. The van der Waals surface area contributed by atoms with E-state index in [0.29, 0.717) is 5.69 Å². The van der Waals surface area contributed by atoms with Gasteiger partial charge in [0.25, 0.3) is 5.91 Å². The lowest BCUT2D eigenvalue weighted by Crippen LogP contribution is -2.20. The second-order valence-corrected chi connectivity index (χ2v) is 6.26. The number of rotatable bonds is 5. The smallest absolute Gasteiger partial charge is 0.331 e. The van der Waals surface area contributed by atoms with Gasteiger partial charge in [0.1, 0.15) is 0 Å². The van der Waals surface area contributed by atoms with Crippen molar-refractivity contribution in [2.75, 3.05) is 11.9 Å². The standard InChI is InChI=1S/C19H18BrNO3/c1-13-3-9-17(11-14(13)2)21-18(22)12-24-19(23)10-6-15-4-7-16(20)8-5-15/h3-11H,12H2,1-2H3,(H,21,22)/b10-6+. The molecule has 0 fully saturated rings. The fraction of sp³-hybridized carbons (Fsp3) is 0.158. The zero-order chi connectivity index (χ0) is 17.5. The van der Waals surface area contributed by atoms with E-state index in [-0.39, 0.29) is 12.5 Å². The molecule has 4 nitrogen and oxygen atoms in total. The van der Waals surface area contributed by atoms with Crippen molar-refractivity contribution in [3.05, 3.63) is 69.7 Å². The van der Waals surface area contributed by atoms with Crippen LogP contribution in [0.2, 0.25) is 0 Å². The number of esters is 1. The van der Waals surface area contributed by atoms with Gasteiger partial charge in [0.2, 0.25) is 0 Å². The Bertz CT molecular complexity index is 767. The molecule has 0 aromatic heterocycles. The Hall–Kier alpha value is -2.40. The van der Waals surface area contributed by atoms with E-state index in [1.807, 2.05) is 56.3 Å².